The summed E-state index contributed by atoms with van der Waals surface area (Å²) in [7, 11) is 0. The average Bonchev–Trinajstić information content (AvgIpc) is 2.37. The summed E-state index contributed by atoms with van der Waals surface area (Å²) in [6, 6.07) is 1.07. The Bertz CT molecular complexity index is 591. The first-order valence-electron chi connectivity index (χ1n) is 6.21. The number of anilines is 3. The molecule has 0 aliphatic rings. The van der Waals surface area contributed by atoms with Crippen molar-refractivity contribution in [3.63, 3.8) is 0 Å². The van der Waals surface area contributed by atoms with E-state index in [9.17, 15) is 19.7 Å². The van der Waals surface area contributed by atoms with E-state index in [4.69, 9.17) is 5.73 Å². The van der Waals surface area contributed by atoms with Gasteiger partial charge in [-0.05, 0) is 13.8 Å². The SMILES string of the molecule is CCOC(=O)Nc1cc(N)c([N+](=O)[O-])c(NC(=O)OCC)n1. The molecule has 1 rings (SSSR count). The molecule has 0 aromatic carbocycles. The number of rotatable bonds is 5. The zero-order valence-electron chi connectivity index (χ0n) is 11.9. The summed E-state index contributed by atoms with van der Waals surface area (Å²) in [6.07, 6.45) is -1.75. The molecule has 0 saturated heterocycles. The number of amides is 2. The summed E-state index contributed by atoms with van der Waals surface area (Å²) in [4.78, 5) is 36.6. The number of nitro groups is 1. The van der Waals surface area contributed by atoms with Crippen LogP contribution in [0.5, 0.6) is 0 Å². The van der Waals surface area contributed by atoms with Crippen molar-refractivity contribution in [1.29, 1.82) is 0 Å². The highest BCUT2D eigenvalue weighted by atomic mass is 16.6. The van der Waals surface area contributed by atoms with E-state index in [0.29, 0.717) is 0 Å². The van der Waals surface area contributed by atoms with Crippen molar-refractivity contribution in [2.45, 2.75) is 13.8 Å². The number of hydrogen-bond donors (Lipinski definition) is 3. The van der Waals surface area contributed by atoms with Crippen LogP contribution in [0.15, 0.2) is 6.07 Å². The number of aromatic nitrogens is 1. The van der Waals surface area contributed by atoms with Gasteiger partial charge in [0.25, 0.3) is 0 Å². The van der Waals surface area contributed by atoms with Crippen molar-refractivity contribution in [3.05, 3.63) is 16.2 Å². The number of nitrogens with two attached hydrogens (primary N) is 1. The third-order valence-corrected chi connectivity index (χ3v) is 2.21. The first-order chi connectivity index (χ1) is 10.4. The van der Waals surface area contributed by atoms with Gasteiger partial charge in [0.15, 0.2) is 0 Å². The lowest BCUT2D eigenvalue weighted by atomic mass is 10.3. The third kappa shape index (κ3) is 4.47. The van der Waals surface area contributed by atoms with Crippen LogP contribution in [0.3, 0.4) is 0 Å². The molecule has 0 atom stereocenters. The van der Waals surface area contributed by atoms with Gasteiger partial charge in [-0.1, -0.05) is 0 Å². The van der Waals surface area contributed by atoms with E-state index in [0.717, 1.165) is 6.07 Å². The fourth-order valence-electron chi connectivity index (χ4n) is 1.44. The molecule has 0 radical (unpaired) electrons. The van der Waals surface area contributed by atoms with E-state index in [2.05, 4.69) is 25.1 Å². The molecule has 0 fully saturated rings. The highest BCUT2D eigenvalue weighted by Crippen LogP contribution is 2.31. The lowest BCUT2D eigenvalue weighted by molar-refractivity contribution is -0.383. The minimum Gasteiger partial charge on any atom is -0.450 e. The monoisotopic (exact) mass is 313 g/mol. The number of pyridine rings is 1. The standard InChI is InChI=1S/C11H15N5O6/c1-3-21-10(17)14-7-5-6(12)8(16(19)20)9(13-7)15-11(18)22-4-2/h5H,3-4H2,1-2H3,(H4,12,13,14,15,17,18). The summed E-state index contributed by atoms with van der Waals surface area (Å²) >= 11 is 0. The van der Waals surface area contributed by atoms with Crippen LogP contribution in [-0.2, 0) is 9.47 Å². The number of nitrogens with one attached hydrogen (secondary N) is 2. The molecule has 1 aromatic heterocycles. The maximum Gasteiger partial charge on any atom is 0.412 e. The van der Waals surface area contributed by atoms with Crippen LogP contribution in [-0.4, -0.2) is 35.3 Å². The second kappa shape index (κ2) is 7.61. The quantitative estimate of drug-likeness (QED) is 0.547. The van der Waals surface area contributed by atoms with E-state index in [1.807, 2.05) is 0 Å². The second-order valence-corrected chi connectivity index (χ2v) is 3.74. The van der Waals surface area contributed by atoms with Crippen LogP contribution in [0.25, 0.3) is 0 Å². The van der Waals surface area contributed by atoms with Crippen molar-refractivity contribution in [1.82, 2.24) is 4.98 Å². The summed E-state index contributed by atoms with van der Waals surface area (Å²) in [5, 5.41) is 15.3. The zero-order chi connectivity index (χ0) is 16.7. The predicted octanol–water partition coefficient (Wildman–Crippen LogP) is 1.71. The van der Waals surface area contributed by atoms with Crippen molar-refractivity contribution in [2.75, 3.05) is 29.6 Å². The van der Waals surface area contributed by atoms with E-state index in [1.54, 1.807) is 13.8 Å². The minimum absolute atomic E-state index is 0.0654. The molecule has 120 valence electrons. The lowest BCUT2D eigenvalue weighted by Crippen LogP contribution is -2.19. The van der Waals surface area contributed by atoms with Gasteiger partial charge in [0.1, 0.15) is 11.5 Å². The van der Waals surface area contributed by atoms with Gasteiger partial charge in [-0.2, -0.15) is 0 Å². The topological polar surface area (TPSA) is 159 Å². The first kappa shape index (κ1) is 16.9. The summed E-state index contributed by atoms with van der Waals surface area (Å²) < 4.78 is 9.26. The molecule has 11 heteroatoms. The maximum absolute atomic E-state index is 11.4. The molecule has 22 heavy (non-hydrogen) atoms. The molecule has 0 aliphatic heterocycles. The Morgan fingerprint density at radius 2 is 1.82 bits per heavy atom. The van der Waals surface area contributed by atoms with Gasteiger partial charge in [-0.25, -0.2) is 14.6 Å². The molecule has 2 amide bonds. The molecule has 4 N–H and O–H groups in total. The van der Waals surface area contributed by atoms with E-state index >= 15 is 0 Å². The molecule has 0 saturated carbocycles. The van der Waals surface area contributed by atoms with Gasteiger partial charge in [-0.3, -0.25) is 20.7 Å². The molecule has 11 nitrogen and oxygen atoms in total. The molecular weight excluding hydrogens is 298 g/mol. The van der Waals surface area contributed by atoms with Gasteiger partial charge in [-0.15, -0.1) is 0 Å². The van der Waals surface area contributed by atoms with E-state index < -0.39 is 28.6 Å². The molecule has 0 unspecified atom stereocenters. The summed E-state index contributed by atoms with van der Waals surface area (Å²) in [5.41, 5.74) is 4.65. The molecule has 1 heterocycles. The van der Waals surface area contributed by atoms with Crippen molar-refractivity contribution in [2.24, 2.45) is 0 Å². The highest BCUT2D eigenvalue weighted by Gasteiger charge is 2.24. The van der Waals surface area contributed by atoms with Gasteiger partial charge in [0.2, 0.25) is 5.82 Å². The number of nitrogens with zero attached hydrogens (tertiary/aromatic N) is 2. The molecule has 0 spiro atoms. The van der Waals surface area contributed by atoms with Crippen LogP contribution in [0.2, 0.25) is 0 Å². The number of hydrogen-bond acceptors (Lipinski definition) is 8. The molecule has 1 aromatic rings. The van der Waals surface area contributed by atoms with Gasteiger partial charge in [0.05, 0.1) is 18.1 Å². The second-order valence-electron chi connectivity index (χ2n) is 3.74. The normalized spacial score (nSPS) is 9.73. The van der Waals surface area contributed by atoms with Crippen LogP contribution in [0.4, 0.5) is 32.6 Å². The van der Waals surface area contributed by atoms with Crippen LogP contribution >= 0.6 is 0 Å². The Labute approximate surface area is 124 Å². The first-order valence-corrected chi connectivity index (χ1v) is 6.21. The Kier molecular flexibility index (Phi) is 5.86. The number of carbonyl (C=O) groups is 2. The molecule has 0 aliphatic carbocycles. The largest absolute Gasteiger partial charge is 0.450 e. The van der Waals surface area contributed by atoms with Gasteiger partial charge >= 0.3 is 17.9 Å². The maximum atomic E-state index is 11.4. The van der Waals surface area contributed by atoms with Gasteiger partial charge in [0, 0.05) is 6.07 Å². The van der Waals surface area contributed by atoms with Gasteiger partial charge < -0.3 is 15.2 Å². The smallest absolute Gasteiger partial charge is 0.412 e. The Hall–Kier alpha value is -3.11. The molecule has 0 bridgehead atoms. The summed E-state index contributed by atoms with van der Waals surface area (Å²) in [5.74, 6) is -0.566. The minimum atomic E-state index is -0.939. The number of carbonyl (C=O) groups excluding carboxylic acids is 2. The van der Waals surface area contributed by atoms with Crippen LogP contribution in [0, 0.1) is 10.1 Å². The predicted molar refractivity (Wildman–Crippen MR) is 76.6 cm³/mol. The van der Waals surface area contributed by atoms with E-state index in [-0.39, 0.29) is 24.7 Å². The van der Waals surface area contributed by atoms with Crippen molar-refractivity contribution >= 4 is 35.2 Å². The van der Waals surface area contributed by atoms with E-state index in [1.165, 1.54) is 0 Å². The number of nitrogen functional groups attached to an aromatic ring is 1. The summed E-state index contributed by atoms with van der Waals surface area (Å²) in [6.45, 7) is 3.36. The highest BCUT2D eigenvalue weighted by molar-refractivity contribution is 5.91. The zero-order valence-corrected chi connectivity index (χ0v) is 11.9. The number of ether oxygens (including phenoxy) is 2. The fraction of sp³-hybridized carbons (Fsp3) is 0.364. The fourth-order valence-corrected chi connectivity index (χ4v) is 1.44. The molecular formula is C11H15N5O6. The lowest BCUT2D eigenvalue weighted by Gasteiger charge is -2.10. The van der Waals surface area contributed by atoms with Crippen molar-refractivity contribution in [3.8, 4) is 0 Å². The Morgan fingerprint density at radius 3 is 2.32 bits per heavy atom. The Morgan fingerprint density at radius 1 is 1.27 bits per heavy atom. The van der Waals surface area contributed by atoms with Crippen LogP contribution < -0.4 is 16.4 Å². The third-order valence-electron chi connectivity index (χ3n) is 2.21. The van der Waals surface area contributed by atoms with Crippen molar-refractivity contribution < 1.29 is 24.0 Å². The van der Waals surface area contributed by atoms with Crippen LogP contribution in [0.1, 0.15) is 13.8 Å². The average molecular weight is 313 g/mol. The Balaban J connectivity index is 3.13.